The highest BCUT2D eigenvalue weighted by atomic mass is 32.2. The highest BCUT2D eigenvalue weighted by Gasteiger charge is 2.71. The summed E-state index contributed by atoms with van der Waals surface area (Å²) >= 11 is 0. The second kappa shape index (κ2) is 4.52. The highest BCUT2D eigenvalue weighted by molar-refractivity contribution is 7.87. The van der Waals surface area contributed by atoms with Crippen LogP contribution in [-0.2, 0) is 28.6 Å². The van der Waals surface area contributed by atoms with Gasteiger partial charge in [0.15, 0.2) is 0 Å². The molecule has 0 aliphatic carbocycles. The predicted molar refractivity (Wildman–Crippen MR) is 68.4 cm³/mol. The molecule has 3 aliphatic heterocycles. The van der Waals surface area contributed by atoms with Crippen LogP contribution < -0.4 is 5.32 Å². The smallest absolute Gasteiger partial charge is 0.273 e. The number of fused-ring (bicyclic) bond motifs is 1. The maximum absolute atomic E-state index is 11.8. The van der Waals surface area contributed by atoms with Gasteiger partial charge in [0.25, 0.3) is 10.1 Å². The third-order valence-corrected chi connectivity index (χ3v) is 5.77. The number of carbonyl (C=O) groups is 1. The van der Waals surface area contributed by atoms with Crippen molar-refractivity contribution in [2.24, 2.45) is 0 Å². The molecular weight excluding hydrogens is 286 g/mol. The van der Waals surface area contributed by atoms with Crippen LogP contribution in [0.5, 0.6) is 0 Å². The van der Waals surface area contributed by atoms with E-state index in [-0.39, 0.29) is 12.5 Å². The molecule has 8 heteroatoms. The summed E-state index contributed by atoms with van der Waals surface area (Å²) < 4.78 is 40.2. The van der Waals surface area contributed by atoms with E-state index in [4.69, 9.17) is 13.7 Å². The van der Waals surface area contributed by atoms with Gasteiger partial charge in [-0.2, -0.15) is 8.42 Å². The van der Waals surface area contributed by atoms with Gasteiger partial charge in [-0.05, 0) is 13.0 Å². The molecule has 3 rings (SSSR count). The van der Waals surface area contributed by atoms with Crippen LogP contribution in [0.25, 0.3) is 0 Å². The molecule has 20 heavy (non-hydrogen) atoms. The predicted octanol–water partition coefficient (Wildman–Crippen LogP) is -0.668. The first-order chi connectivity index (χ1) is 9.37. The molecule has 3 fully saturated rings. The largest absolute Gasteiger partial charge is 0.371 e. The zero-order valence-electron chi connectivity index (χ0n) is 11.1. The molecule has 0 aromatic heterocycles. The van der Waals surface area contributed by atoms with Crippen LogP contribution in [0.2, 0.25) is 0 Å². The van der Waals surface area contributed by atoms with Gasteiger partial charge in [-0.15, -0.1) is 0 Å². The maximum atomic E-state index is 11.8. The summed E-state index contributed by atoms with van der Waals surface area (Å²) in [7, 11) is -3.54. The van der Waals surface area contributed by atoms with E-state index in [1.165, 1.54) is 6.08 Å². The van der Waals surface area contributed by atoms with Crippen LogP contribution in [0.1, 0.15) is 13.3 Å². The van der Waals surface area contributed by atoms with Crippen LogP contribution in [0.15, 0.2) is 12.7 Å². The Bertz CT molecular complexity index is 546. The zero-order chi connectivity index (χ0) is 14.5. The highest BCUT2D eigenvalue weighted by Crippen LogP contribution is 2.53. The van der Waals surface area contributed by atoms with E-state index in [2.05, 4.69) is 11.9 Å². The number of hydrogen-bond acceptors (Lipinski definition) is 6. The first-order valence-electron chi connectivity index (χ1n) is 6.49. The van der Waals surface area contributed by atoms with Crippen LogP contribution in [-0.4, -0.2) is 56.6 Å². The Balaban J connectivity index is 1.62. The Morgan fingerprint density at radius 2 is 2.30 bits per heavy atom. The Morgan fingerprint density at radius 3 is 3.00 bits per heavy atom. The number of nitrogens with one attached hydrogen (secondary N) is 1. The average molecular weight is 303 g/mol. The number of hydrogen-bond donors (Lipinski definition) is 1. The summed E-state index contributed by atoms with van der Waals surface area (Å²) in [6.07, 6.45) is 0.137. The lowest BCUT2D eigenvalue weighted by atomic mass is 9.85. The van der Waals surface area contributed by atoms with E-state index >= 15 is 0 Å². The summed E-state index contributed by atoms with van der Waals surface area (Å²) in [4.78, 5) is 11.0. The number of amides is 1. The quantitative estimate of drug-likeness (QED) is 0.411. The minimum Gasteiger partial charge on any atom is -0.371 e. The fourth-order valence-electron chi connectivity index (χ4n) is 3.23. The molecule has 7 nitrogen and oxygen atoms in total. The van der Waals surface area contributed by atoms with Crippen molar-refractivity contribution >= 4 is 16.0 Å². The van der Waals surface area contributed by atoms with Crippen molar-refractivity contribution in [3.05, 3.63) is 12.7 Å². The Labute approximate surface area is 117 Å². The molecular formula is C12H17NO6S. The van der Waals surface area contributed by atoms with Gasteiger partial charge in [-0.1, -0.05) is 6.58 Å². The lowest BCUT2D eigenvalue weighted by Gasteiger charge is -2.29. The fourth-order valence-corrected chi connectivity index (χ4v) is 4.97. The molecule has 1 amide bonds. The van der Waals surface area contributed by atoms with Crippen molar-refractivity contribution in [2.75, 3.05) is 13.2 Å². The molecule has 2 bridgehead atoms. The SMILES string of the molecule is C=CC(=O)NCCOC1C2OS(=O)(=O)C3CC1(C)OC23. The van der Waals surface area contributed by atoms with Crippen molar-refractivity contribution in [3.8, 4) is 0 Å². The zero-order valence-corrected chi connectivity index (χ0v) is 11.9. The van der Waals surface area contributed by atoms with E-state index in [1.54, 1.807) is 0 Å². The van der Waals surface area contributed by atoms with Gasteiger partial charge in [-0.3, -0.25) is 8.98 Å². The van der Waals surface area contributed by atoms with Crippen LogP contribution in [0, 0.1) is 0 Å². The molecule has 1 N–H and O–H groups in total. The standard InChI is InChI=1S/C12H17NO6S/c1-3-8(14)13-4-5-17-11-10-9-7(20(15,16)19-10)6-12(11,2)18-9/h3,7,9-11H,1,4-6H2,2H3,(H,13,14). The van der Waals surface area contributed by atoms with Gasteiger partial charge in [-0.25, -0.2) is 0 Å². The summed E-state index contributed by atoms with van der Waals surface area (Å²) in [6, 6.07) is 0. The van der Waals surface area contributed by atoms with Gasteiger partial charge in [0, 0.05) is 13.0 Å². The van der Waals surface area contributed by atoms with Crippen LogP contribution in [0.3, 0.4) is 0 Å². The summed E-state index contributed by atoms with van der Waals surface area (Å²) in [5, 5.41) is 2.02. The van der Waals surface area contributed by atoms with E-state index in [1.807, 2.05) is 6.92 Å². The van der Waals surface area contributed by atoms with E-state index in [0.29, 0.717) is 13.0 Å². The second-order valence-corrected chi connectivity index (χ2v) is 7.26. The lowest BCUT2D eigenvalue weighted by Crippen LogP contribution is -2.47. The number of ether oxygens (including phenoxy) is 2. The number of carbonyl (C=O) groups excluding carboxylic acids is 1. The molecule has 112 valence electrons. The maximum Gasteiger partial charge on any atom is 0.273 e. The topological polar surface area (TPSA) is 90.9 Å². The molecule has 0 aromatic carbocycles. The van der Waals surface area contributed by atoms with Crippen LogP contribution >= 0.6 is 0 Å². The van der Waals surface area contributed by atoms with Gasteiger partial charge in [0.05, 0.1) is 12.2 Å². The average Bonchev–Trinajstić information content (AvgIpc) is 2.91. The van der Waals surface area contributed by atoms with Crippen molar-refractivity contribution in [1.82, 2.24) is 5.32 Å². The fraction of sp³-hybridized carbons (Fsp3) is 0.750. The molecule has 0 spiro atoms. The van der Waals surface area contributed by atoms with Crippen LogP contribution in [0.4, 0.5) is 0 Å². The molecule has 3 aliphatic rings. The second-order valence-electron chi connectivity index (χ2n) is 5.48. The van der Waals surface area contributed by atoms with Gasteiger partial charge in [0.1, 0.15) is 23.6 Å². The first-order valence-corrected chi connectivity index (χ1v) is 7.96. The van der Waals surface area contributed by atoms with E-state index in [9.17, 15) is 13.2 Å². The molecule has 0 saturated carbocycles. The van der Waals surface area contributed by atoms with Gasteiger partial charge < -0.3 is 14.8 Å². The first kappa shape index (κ1) is 14.0. The summed E-state index contributed by atoms with van der Waals surface area (Å²) in [6.45, 7) is 5.78. The monoisotopic (exact) mass is 303 g/mol. The third-order valence-electron chi connectivity index (χ3n) is 4.10. The molecule has 5 atom stereocenters. The molecule has 0 radical (unpaired) electrons. The normalized spacial score (nSPS) is 43.6. The minimum absolute atomic E-state index is 0.264. The summed E-state index contributed by atoms with van der Waals surface area (Å²) in [5.74, 6) is -0.274. The van der Waals surface area contributed by atoms with E-state index < -0.39 is 39.3 Å². The van der Waals surface area contributed by atoms with Crippen molar-refractivity contribution in [3.63, 3.8) is 0 Å². The lowest BCUT2D eigenvalue weighted by molar-refractivity contribution is -0.117. The summed E-state index contributed by atoms with van der Waals surface area (Å²) in [5.41, 5.74) is -0.633. The Kier molecular flexibility index (Phi) is 3.16. The van der Waals surface area contributed by atoms with E-state index in [0.717, 1.165) is 0 Å². The third kappa shape index (κ3) is 1.98. The molecule has 5 unspecified atom stereocenters. The van der Waals surface area contributed by atoms with Crippen molar-refractivity contribution in [2.45, 2.75) is 42.5 Å². The molecule has 3 saturated heterocycles. The van der Waals surface area contributed by atoms with Gasteiger partial charge >= 0.3 is 0 Å². The van der Waals surface area contributed by atoms with Crippen molar-refractivity contribution < 1.29 is 26.9 Å². The Morgan fingerprint density at radius 1 is 1.55 bits per heavy atom. The number of rotatable bonds is 5. The molecule has 3 heterocycles. The Hall–Kier alpha value is -0.960. The van der Waals surface area contributed by atoms with Crippen molar-refractivity contribution in [1.29, 1.82) is 0 Å². The molecule has 0 aromatic rings. The van der Waals surface area contributed by atoms with Gasteiger partial charge in [0.2, 0.25) is 5.91 Å². The minimum atomic E-state index is -3.54.